The lowest BCUT2D eigenvalue weighted by Gasteiger charge is -2.43. The number of hydrogen-bond acceptors (Lipinski definition) is 4. The number of ether oxygens (including phenoxy) is 1. The van der Waals surface area contributed by atoms with Gasteiger partial charge in [0.15, 0.2) is 5.96 Å². The second-order valence-corrected chi connectivity index (χ2v) is 7.41. The van der Waals surface area contributed by atoms with Crippen LogP contribution in [-0.4, -0.2) is 23.8 Å². The number of nitrogens with zero attached hydrogens (tertiary/aromatic N) is 2. The zero-order chi connectivity index (χ0) is 17.6. The number of fused-ring (bicyclic) bond motifs is 2. The van der Waals surface area contributed by atoms with Gasteiger partial charge in [0.2, 0.25) is 5.91 Å². The van der Waals surface area contributed by atoms with Crippen LogP contribution in [0.1, 0.15) is 30.1 Å². The van der Waals surface area contributed by atoms with Gasteiger partial charge >= 0.3 is 0 Å². The molecule has 2 N–H and O–H groups in total. The van der Waals surface area contributed by atoms with Crippen LogP contribution in [0, 0.1) is 0 Å². The van der Waals surface area contributed by atoms with Crippen LogP contribution in [0.5, 0.6) is 5.75 Å². The molecule has 1 spiro atoms. The molecule has 2 heterocycles. The van der Waals surface area contributed by atoms with Crippen molar-refractivity contribution in [1.29, 1.82) is 0 Å². The molecular weight excluding hydrogens is 382 g/mol. The number of carbonyl (C=O) groups excluding carboxylic acids is 1. The molecule has 0 fully saturated rings. The lowest BCUT2D eigenvalue weighted by molar-refractivity contribution is -0.129. The highest BCUT2D eigenvalue weighted by atomic mass is 79.9. The molecule has 0 aromatic heterocycles. The summed E-state index contributed by atoms with van der Waals surface area (Å²) in [5.74, 6) is 0.959. The van der Waals surface area contributed by atoms with E-state index in [2.05, 4.69) is 15.9 Å². The molecule has 4 rings (SSSR count). The molecule has 2 aromatic carbocycles. The number of nitrogens with two attached hydrogens (primary N) is 1. The predicted molar refractivity (Wildman–Crippen MR) is 99.3 cm³/mol. The van der Waals surface area contributed by atoms with Gasteiger partial charge < -0.3 is 10.5 Å². The molecule has 2 aromatic rings. The molecule has 25 heavy (non-hydrogen) atoms. The molecule has 0 saturated carbocycles. The Kier molecular flexibility index (Phi) is 3.80. The third kappa shape index (κ3) is 2.70. The summed E-state index contributed by atoms with van der Waals surface area (Å²) < 4.78 is 7.17. The largest absolute Gasteiger partial charge is 0.485 e. The maximum Gasteiger partial charge on any atom is 0.231 e. The van der Waals surface area contributed by atoms with Gasteiger partial charge in [-0.05, 0) is 23.8 Å². The van der Waals surface area contributed by atoms with E-state index in [1.54, 1.807) is 7.05 Å². The lowest BCUT2D eigenvalue weighted by atomic mass is 9.77. The van der Waals surface area contributed by atoms with Gasteiger partial charge in [-0.2, -0.15) is 0 Å². The second-order valence-electron chi connectivity index (χ2n) is 6.49. The molecule has 2 unspecified atom stereocenters. The number of amides is 1. The van der Waals surface area contributed by atoms with Crippen molar-refractivity contribution in [2.45, 2.75) is 24.5 Å². The summed E-state index contributed by atoms with van der Waals surface area (Å²) in [6, 6.07) is 15.8. The van der Waals surface area contributed by atoms with E-state index in [1.807, 2.05) is 48.5 Å². The first-order valence-electron chi connectivity index (χ1n) is 8.12. The molecule has 0 saturated heterocycles. The van der Waals surface area contributed by atoms with Gasteiger partial charge in [-0.1, -0.05) is 46.3 Å². The van der Waals surface area contributed by atoms with Crippen LogP contribution in [0.4, 0.5) is 0 Å². The van der Waals surface area contributed by atoms with E-state index >= 15 is 0 Å². The summed E-state index contributed by atoms with van der Waals surface area (Å²) in [5, 5.41) is 0. The molecule has 0 bridgehead atoms. The molecular formula is C19H18BrN3O2. The van der Waals surface area contributed by atoms with Gasteiger partial charge in [0.25, 0.3) is 0 Å². The van der Waals surface area contributed by atoms with Crippen molar-refractivity contribution in [2.75, 3.05) is 7.05 Å². The van der Waals surface area contributed by atoms with Gasteiger partial charge in [0.05, 0.1) is 6.42 Å². The van der Waals surface area contributed by atoms with Gasteiger partial charge in [0.1, 0.15) is 17.4 Å². The van der Waals surface area contributed by atoms with Crippen LogP contribution in [0.25, 0.3) is 0 Å². The Morgan fingerprint density at radius 1 is 1.28 bits per heavy atom. The summed E-state index contributed by atoms with van der Waals surface area (Å²) in [5.41, 5.74) is 7.32. The van der Waals surface area contributed by atoms with Crippen LogP contribution in [0.2, 0.25) is 0 Å². The molecule has 6 heteroatoms. The number of carbonyl (C=O) groups is 1. The van der Waals surface area contributed by atoms with Crippen LogP contribution in [0.15, 0.2) is 58.0 Å². The average molecular weight is 400 g/mol. The fraction of sp³-hybridized carbons (Fsp3) is 0.263. The summed E-state index contributed by atoms with van der Waals surface area (Å²) in [6.45, 7) is 0. The number of hydrogen-bond donors (Lipinski definition) is 1. The van der Waals surface area contributed by atoms with Crippen LogP contribution < -0.4 is 10.5 Å². The summed E-state index contributed by atoms with van der Waals surface area (Å²) in [4.78, 5) is 18.7. The number of halogens is 1. The Morgan fingerprint density at radius 3 is 2.76 bits per heavy atom. The molecule has 1 amide bonds. The Labute approximate surface area is 154 Å². The smallest absolute Gasteiger partial charge is 0.231 e. The number of aliphatic imine (C=N–C) groups is 1. The SMILES string of the molecule is CN1C(=O)CC2(CC(c3ccccc3)Oc3ccc(Br)cc32)N=C1N. The van der Waals surface area contributed by atoms with Crippen molar-refractivity contribution in [3.05, 3.63) is 64.1 Å². The topological polar surface area (TPSA) is 67.9 Å². The summed E-state index contributed by atoms with van der Waals surface area (Å²) in [7, 11) is 1.66. The monoisotopic (exact) mass is 399 g/mol. The molecule has 0 radical (unpaired) electrons. The van der Waals surface area contributed by atoms with Crippen LogP contribution >= 0.6 is 15.9 Å². The third-order valence-electron chi connectivity index (χ3n) is 4.90. The molecule has 2 atom stereocenters. The van der Waals surface area contributed by atoms with Gasteiger partial charge in [-0.15, -0.1) is 0 Å². The first kappa shape index (κ1) is 16.1. The number of rotatable bonds is 1. The van der Waals surface area contributed by atoms with Gasteiger partial charge in [-0.3, -0.25) is 9.69 Å². The molecule has 128 valence electrons. The normalized spacial score (nSPS) is 25.4. The van der Waals surface area contributed by atoms with Crippen LogP contribution in [0.3, 0.4) is 0 Å². The highest BCUT2D eigenvalue weighted by Crippen LogP contribution is 2.50. The maximum atomic E-state index is 12.5. The molecule has 2 aliphatic heterocycles. The van der Waals surface area contributed by atoms with E-state index < -0.39 is 5.54 Å². The van der Waals surface area contributed by atoms with E-state index in [0.29, 0.717) is 6.42 Å². The van der Waals surface area contributed by atoms with Crippen molar-refractivity contribution in [3.8, 4) is 5.75 Å². The van der Waals surface area contributed by atoms with Crippen molar-refractivity contribution >= 4 is 27.8 Å². The Hall–Kier alpha value is -2.34. The number of guanidine groups is 1. The Balaban J connectivity index is 1.87. The average Bonchev–Trinajstić information content (AvgIpc) is 2.61. The minimum absolute atomic E-state index is 0.0351. The summed E-state index contributed by atoms with van der Waals surface area (Å²) in [6.07, 6.45) is 0.670. The quantitative estimate of drug-likeness (QED) is 0.799. The molecule has 2 aliphatic rings. The first-order chi connectivity index (χ1) is 12.0. The Bertz CT molecular complexity index is 868. The minimum atomic E-state index is -0.703. The van der Waals surface area contributed by atoms with E-state index in [-0.39, 0.29) is 24.4 Å². The fourth-order valence-electron chi connectivity index (χ4n) is 3.54. The van der Waals surface area contributed by atoms with E-state index in [9.17, 15) is 4.79 Å². The standard InChI is InChI=1S/C19H18BrN3O2/c1-23-17(24)11-19(22-18(23)21)10-16(12-5-3-2-4-6-12)25-15-8-7-13(20)9-14(15)19/h2-9,16H,10-11H2,1H3,(H2,21,22). The number of benzene rings is 2. The van der Waals surface area contributed by atoms with E-state index in [1.165, 1.54) is 4.90 Å². The zero-order valence-corrected chi connectivity index (χ0v) is 15.4. The van der Waals surface area contributed by atoms with Crippen molar-refractivity contribution < 1.29 is 9.53 Å². The van der Waals surface area contributed by atoms with Gasteiger partial charge in [0, 0.05) is 23.5 Å². The van der Waals surface area contributed by atoms with Crippen molar-refractivity contribution in [2.24, 2.45) is 10.7 Å². The predicted octanol–water partition coefficient (Wildman–Crippen LogP) is 3.35. The third-order valence-corrected chi connectivity index (χ3v) is 5.39. The van der Waals surface area contributed by atoms with Crippen molar-refractivity contribution in [3.63, 3.8) is 0 Å². The van der Waals surface area contributed by atoms with Crippen molar-refractivity contribution in [1.82, 2.24) is 4.90 Å². The lowest BCUT2D eigenvalue weighted by Crippen LogP contribution is -2.50. The zero-order valence-electron chi connectivity index (χ0n) is 13.8. The first-order valence-corrected chi connectivity index (χ1v) is 8.91. The highest BCUT2D eigenvalue weighted by Gasteiger charge is 2.47. The maximum absolute atomic E-state index is 12.5. The van der Waals surface area contributed by atoms with E-state index in [0.717, 1.165) is 21.3 Å². The highest BCUT2D eigenvalue weighted by molar-refractivity contribution is 9.10. The second kappa shape index (κ2) is 5.88. The molecule has 0 aliphatic carbocycles. The van der Waals surface area contributed by atoms with E-state index in [4.69, 9.17) is 15.5 Å². The summed E-state index contributed by atoms with van der Waals surface area (Å²) >= 11 is 3.51. The Morgan fingerprint density at radius 2 is 2.04 bits per heavy atom. The molecule has 5 nitrogen and oxygen atoms in total. The van der Waals surface area contributed by atoms with Gasteiger partial charge in [-0.25, -0.2) is 4.99 Å². The minimum Gasteiger partial charge on any atom is -0.485 e. The van der Waals surface area contributed by atoms with Crippen LogP contribution in [-0.2, 0) is 10.3 Å². The fourth-order valence-corrected chi connectivity index (χ4v) is 3.90.